The van der Waals surface area contributed by atoms with Crippen molar-refractivity contribution in [1.82, 2.24) is 5.32 Å². The number of ether oxygens (including phenoxy) is 1. The molecule has 0 aromatic carbocycles. The van der Waals surface area contributed by atoms with Crippen LogP contribution in [0.5, 0.6) is 0 Å². The van der Waals surface area contributed by atoms with Crippen molar-refractivity contribution in [1.29, 1.82) is 0 Å². The molecule has 0 aromatic rings. The van der Waals surface area contributed by atoms with Crippen molar-refractivity contribution in [3.63, 3.8) is 0 Å². The van der Waals surface area contributed by atoms with Gasteiger partial charge in [-0.15, -0.1) is 0 Å². The van der Waals surface area contributed by atoms with Gasteiger partial charge in [0.25, 0.3) is 0 Å². The fourth-order valence-electron chi connectivity index (χ4n) is 0.612. The molecule has 0 bridgehead atoms. The van der Waals surface area contributed by atoms with E-state index >= 15 is 0 Å². The summed E-state index contributed by atoms with van der Waals surface area (Å²) in [4.78, 5) is 21.5. The summed E-state index contributed by atoms with van der Waals surface area (Å²) >= 11 is 1.37. The molecule has 0 heterocycles. The average Bonchev–Trinajstić information content (AvgIpc) is 2.13. The Bertz CT molecular complexity index is 185. The van der Waals surface area contributed by atoms with Crippen molar-refractivity contribution in [2.24, 2.45) is 0 Å². The van der Waals surface area contributed by atoms with Gasteiger partial charge in [-0.2, -0.15) is 11.8 Å². The van der Waals surface area contributed by atoms with Gasteiger partial charge in [0.2, 0.25) is 5.91 Å². The van der Waals surface area contributed by atoms with E-state index < -0.39 is 12.1 Å². The second-order valence-electron chi connectivity index (χ2n) is 2.28. The number of hydrogen-bond acceptors (Lipinski definition) is 5. The van der Waals surface area contributed by atoms with Crippen LogP contribution in [-0.2, 0) is 14.3 Å². The molecule has 0 aliphatic heterocycles. The quantitative estimate of drug-likeness (QED) is 0.565. The maximum absolute atomic E-state index is 10.9. The molecule has 1 unspecified atom stereocenters. The normalized spacial score (nSPS) is 11.9. The molecule has 5 nitrogen and oxygen atoms in total. The lowest BCUT2D eigenvalue weighted by atomic mass is 10.3. The Kier molecular flexibility index (Phi) is 6.34. The zero-order valence-corrected chi connectivity index (χ0v) is 8.39. The molecule has 0 aliphatic carbocycles. The number of nitrogens with one attached hydrogen (secondary N) is 1. The van der Waals surface area contributed by atoms with Gasteiger partial charge in [0, 0.05) is 0 Å². The van der Waals surface area contributed by atoms with Crippen molar-refractivity contribution in [2.45, 2.75) is 6.10 Å². The van der Waals surface area contributed by atoms with Gasteiger partial charge in [-0.05, 0) is 6.26 Å². The Morgan fingerprint density at radius 2 is 2.23 bits per heavy atom. The predicted molar refractivity (Wildman–Crippen MR) is 49.4 cm³/mol. The second-order valence-corrected chi connectivity index (χ2v) is 3.14. The van der Waals surface area contributed by atoms with Gasteiger partial charge in [0.15, 0.2) is 6.10 Å². The Morgan fingerprint density at radius 1 is 1.62 bits per heavy atom. The maximum Gasteiger partial charge on any atom is 0.336 e. The summed E-state index contributed by atoms with van der Waals surface area (Å²) in [7, 11) is 1.18. The van der Waals surface area contributed by atoms with Crippen LogP contribution in [0.2, 0.25) is 0 Å². The Balaban J connectivity index is 3.63. The third kappa shape index (κ3) is 5.48. The van der Waals surface area contributed by atoms with Crippen molar-refractivity contribution in [3.05, 3.63) is 0 Å². The Morgan fingerprint density at radius 3 is 2.69 bits per heavy atom. The molecule has 0 rings (SSSR count). The molecule has 0 radical (unpaired) electrons. The summed E-state index contributed by atoms with van der Waals surface area (Å²) in [5, 5.41) is 11.4. The molecular formula is C7H13NO4S. The van der Waals surface area contributed by atoms with Gasteiger partial charge < -0.3 is 15.2 Å². The second kappa shape index (κ2) is 6.73. The number of aliphatic hydroxyl groups excluding tert-OH is 1. The zero-order chi connectivity index (χ0) is 10.3. The monoisotopic (exact) mass is 207 g/mol. The molecule has 6 heteroatoms. The molecule has 1 atom stereocenters. The number of thioether (sulfide) groups is 1. The van der Waals surface area contributed by atoms with Gasteiger partial charge in [-0.3, -0.25) is 4.79 Å². The summed E-state index contributed by atoms with van der Waals surface area (Å²) in [5.74, 6) is -0.645. The lowest BCUT2D eigenvalue weighted by Gasteiger charge is -2.08. The third-order valence-corrected chi connectivity index (χ3v) is 1.79. The van der Waals surface area contributed by atoms with Crippen molar-refractivity contribution in [3.8, 4) is 0 Å². The van der Waals surface area contributed by atoms with Gasteiger partial charge >= 0.3 is 5.97 Å². The molecule has 13 heavy (non-hydrogen) atoms. The first-order chi connectivity index (χ1) is 6.11. The van der Waals surface area contributed by atoms with Crippen LogP contribution in [-0.4, -0.2) is 48.8 Å². The van der Waals surface area contributed by atoms with E-state index in [1.807, 2.05) is 0 Å². The van der Waals surface area contributed by atoms with Crippen LogP contribution in [0.4, 0.5) is 0 Å². The van der Waals surface area contributed by atoms with Crippen LogP contribution < -0.4 is 5.32 Å². The Labute approximate surface area is 80.8 Å². The topological polar surface area (TPSA) is 75.6 Å². The van der Waals surface area contributed by atoms with Gasteiger partial charge in [0.1, 0.15) is 0 Å². The highest BCUT2D eigenvalue weighted by Gasteiger charge is 2.15. The van der Waals surface area contributed by atoms with E-state index in [0.717, 1.165) is 0 Å². The number of esters is 1. The first-order valence-electron chi connectivity index (χ1n) is 3.63. The van der Waals surface area contributed by atoms with Gasteiger partial charge in [-0.25, -0.2) is 4.79 Å². The molecule has 0 saturated carbocycles. The minimum atomic E-state index is -1.28. The van der Waals surface area contributed by atoms with E-state index in [9.17, 15) is 9.59 Å². The highest BCUT2D eigenvalue weighted by molar-refractivity contribution is 7.99. The zero-order valence-electron chi connectivity index (χ0n) is 7.57. The van der Waals surface area contributed by atoms with E-state index in [1.165, 1.54) is 18.9 Å². The molecule has 0 spiro atoms. The van der Waals surface area contributed by atoms with E-state index in [2.05, 4.69) is 10.1 Å². The van der Waals surface area contributed by atoms with Gasteiger partial charge in [-0.1, -0.05) is 0 Å². The maximum atomic E-state index is 10.9. The van der Waals surface area contributed by atoms with Crippen LogP contribution in [0.25, 0.3) is 0 Å². The summed E-state index contributed by atoms with van der Waals surface area (Å²) in [6.07, 6.45) is 0.506. The minimum absolute atomic E-state index is 0.105. The lowest BCUT2D eigenvalue weighted by Crippen LogP contribution is -2.37. The molecule has 2 N–H and O–H groups in total. The number of amides is 1. The number of carbonyl (C=O) groups excluding carboxylic acids is 2. The van der Waals surface area contributed by atoms with Crippen molar-refractivity contribution < 1.29 is 19.4 Å². The lowest BCUT2D eigenvalue weighted by molar-refractivity contribution is -0.150. The summed E-state index contributed by atoms with van der Waals surface area (Å²) in [6, 6.07) is 0. The van der Waals surface area contributed by atoms with Crippen molar-refractivity contribution >= 4 is 23.6 Å². The number of carbonyl (C=O) groups is 2. The van der Waals surface area contributed by atoms with E-state index in [0.29, 0.717) is 5.75 Å². The highest BCUT2D eigenvalue weighted by atomic mass is 32.2. The fourth-order valence-corrected chi connectivity index (χ4v) is 0.976. The largest absolute Gasteiger partial charge is 0.467 e. The average molecular weight is 207 g/mol. The van der Waals surface area contributed by atoms with E-state index in [1.54, 1.807) is 6.26 Å². The first kappa shape index (κ1) is 12.2. The van der Waals surface area contributed by atoms with E-state index in [-0.39, 0.29) is 12.5 Å². The van der Waals surface area contributed by atoms with Crippen LogP contribution in [0, 0.1) is 0 Å². The molecule has 0 aliphatic rings. The molecule has 76 valence electrons. The number of methoxy groups -OCH3 is 1. The summed E-state index contributed by atoms with van der Waals surface area (Å²) < 4.78 is 4.26. The number of rotatable bonds is 5. The van der Waals surface area contributed by atoms with Crippen LogP contribution in [0.15, 0.2) is 0 Å². The summed E-state index contributed by atoms with van der Waals surface area (Å²) in [5.41, 5.74) is 0. The predicted octanol–water partition coefficient (Wildman–Crippen LogP) is -1.00. The molecule has 1 amide bonds. The van der Waals surface area contributed by atoms with Crippen LogP contribution in [0.1, 0.15) is 0 Å². The SMILES string of the molecule is COC(=O)C(O)CNC(=O)CSC. The molecule has 0 aromatic heterocycles. The number of aliphatic hydroxyl groups is 1. The molecular weight excluding hydrogens is 194 g/mol. The van der Waals surface area contributed by atoms with Crippen LogP contribution in [0.3, 0.4) is 0 Å². The van der Waals surface area contributed by atoms with Crippen LogP contribution >= 0.6 is 11.8 Å². The Hall–Kier alpha value is -0.750. The minimum Gasteiger partial charge on any atom is -0.467 e. The first-order valence-corrected chi connectivity index (χ1v) is 5.02. The molecule has 0 fully saturated rings. The number of hydrogen-bond donors (Lipinski definition) is 2. The standard InChI is InChI=1S/C7H13NO4S/c1-12-7(11)5(9)3-8-6(10)4-13-2/h5,9H,3-4H2,1-2H3,(H,8,10). The molecule has 0 saturated heterocycles. The smallest absolute Gasteiger partial charge is 0.336 e. The van der Waals surface area contributed by atoms with Gasteiger partial charge in [0.05, 0.1) is 19.4 Å². The highest BCUT2D eigenvalue weighted by Crippen LogP contribution is 1.90. The van der Waals surface area contributed by atoms with Crippen molar-refractivity contribution in [2.75, 3.05) is 25.7 Å². The summed E-state index contributed by atoms with van der Waals surface area (Å²) in [6.45, 7) is -0.105. The fraction of sp³-hybridized carbons (Fsp3) is 0.714. The van der Waals surface area contributed by atoms with E-state index in [4.69, 9.17) is 5.11 Å². The third-order valence-electron chi connectivity index (χ3n) is 1.24.